The average molecular weight is 436 g/mol. The highest BCUT2D eigenvalue weighted by Gasteiger charge is 2.19. The first-order valence-electron chi connectivity index (χ1n) is 10.2. The lowest BCUT2D eigenvalue weighted by Gasteiger charge is -2.17. The van der Waals surface area contributed by atoms with E-state index in [1.54, 1.807) is 10.6 Å². The summed E-state index contributed by atoms with van der Waals surface area (Å²) in [5.41, 5.74) is 2.39. The van der Waals surface area contributed by atoms with Gasteiger partial charge in [0, 0.05) is 6.04 Å². The molecule has 0 aliphatic rings. The molecule has 1 atom stereocenters. The van der Waals surface area contributed by atoms with Gasteiger partial charge >= 0.3 is 0 Å². The lowest BCUT2D eigenvalue weighted by molar-refractivity contribution is -0.119. The van der Waals surface area contributed by atoms with Crippen molar-refractivity contribution in [2.45, 2.75) is 38.9 Å². The Hall–Kier alpha value is -3.13. The third-order valence-electron chi connectivity index (χ3n) is 5.41. The first kappa shape index (κ1) is 21.1. The Morgan fingerprint density at radius 1 is 1.06 bits per heavy atom. The molecule has 0 fully saturated rings. The third kappa shape index (κ3) is 4.07. The largest absolute Gasteiger partial charge is 0.353 e. The minimum atomic E-state index is -0.153. The van der Waals surface area contributed by atoms with Crippen molar-refractivity contribution >= 4 is 34.3 Å². The van der Waals surface area contributed by atoms with E-state index >= 15 is 0 Å². The summed E-state index contributed by atoms with van der Waals surface area (Å²) in [6.45, 7) is 8.13. The molecule has 2 heterocycles. The van der Waals surface area contributed by atoms with E-state index in [9.17, 15) is 9.59 Å². The van der Waals surface area contributed by atoms with Gasteiger partial charge in [0.2, 0.25) is 11.7 Å². The molecule has 31 heavy (non-hydrogen) atoms. The molecule has 2 aromatic carbocycles. The molecule has 0 aliphatic heterocycles. The molecule has 0 aliphatic carbocycles. The van der Waals surface area contributed by atoms with Crippen LogP contribution in [0.15, 0.2) is 58.5 Å². The van der Waals surface area contributed by atoms with Crippen molar-refractivity contribution in [2.75, 3.05) is 5.75 Å². The summed E-state index contributed by atoms with van der Waals surface area (Å²) in [5.74, 6) is 0.941. The maximum atomic E-state index is 13.3. The molecule has 1 amide bonds. The number of aromatic nitrogens is 4. The number of fused-ring (bicyclic) bond motifs is 3. The smallest absolute Gasteiger partial charge is 0.267 e. The highest BCUT2D eigenvalue weighted by molar-refractivity contribution is 7.99. The van der Waals surface area contributed by atoms with Crippen molar-refractivity contribution in [1.29, 1.82) is 0 Å². The fourth-order valence-electron chi connectivity index (χ4n) is 3.29. The van der Waals surface area contributed by atoms with E-state index in [4.69, 9.17) is 0 Å². The van der Waals surface area contributed by atoms with Crippen LogP contribution in [-0.2, 0) is 4.79 Å². The quantitative estimate of drug-likeness (QED) is 0.468. The van der Waals surface area contributed by atoms with Gasteiger partial charge in [-0.2, -0.15) is 0 Å². The number of para-hydroxylation sites is 1. The summed E-state index contributed by atoms with van der Waals surface area (Å²) < 4.78 is 3.42. The number of nitrogens with zero attached hydrogens (tertiary/aromatic N) is 4. The SMILES string of the molecule is Cc1ccc(-n2c(=O)c3ccccc3n3c(SCC(=O)NC(C)C(C)C)nnc23)cc1. The summed E-state index contributed by atoms with van der Waals surface area (Å²) in [4.78, 5) is 25.7. The molecule has 0 spiro atoms. The highest BCUT2D eigenvalue weighted by atomic mass is 32.2. The van der Waals surface area contributed by atoms with Gasteiger partial charge < -0.3 is 5.32 Å². The van der Waals surface area contributed by atoms with E-state index in [2.05, 4.69) is 29.4 Å². The molecule has 7 nitrogen and oxygen atoms in total. The normalized spacial score (nSPS) is 12.5. The zero-order chi connectivity index (χ0) is 22.1. The van der Waals surface area contributed by atoms with Gasteiger partial charge in [-0.25, -0.2) is 4.57 Å². The van der Waals surface area contributed by atoms with Crippen LogP contribution in [0.25, 0.3) is 22.4 Å². The molecule has 1 N–H and O–H groups in total. The van der Waals surface area contributed by atoms with E-state index in [1.807, 2.05) is 60.7 Å². The van der Waals surface area contributed by atoms with Gasteiger partial charge in [0.1, 0.15) is 0 Å². The number of carbonyl (C=O) groups excluding carboxylic acids is 1. The zero-order valence-corrected chi connectivity index (χ0v) is 18.8. The number of aryl methyl sites for hydroxylation is 1. The first-order chi connectivity index (χ1) is 14.9. The number of hydrogen-bond acceptors (Lipinski definition) is 5. The number of hydrogen-bond donors (Lipinski definition) is 1. The summed E-state index contributed by atoms with van der Waals surface area (Å²) in [6, 6.07) is 15.2. The molecule has 4 aromatic rings. The molecule has 0 saturated carbocycles. The second-order valence-electron chi connectivity index (χ2n) is 8.00. The van der Waals surface area contributed by atoms with Crippen molar-refractivity contribution in [3.05, 3.63) is 64.4 Å². The second kappa shape index (κ2) is 8.55. The van der Waals surface area contributed by atoms with Crippen molar-refractivity contribution in [1.82, 2.24) is 24.5 Å². The summed E-state index contributed by atoms with van der Waals surface area (Å²) in [6.07, 6.45) is 0. The van der Waals surface area contributed by atoms with Crippen molar-refractivity contribution in [3.8, 4) is 5.69 Å². The predicted octanol–water partition coefficient (Wildman–Crippen LogP) is 3.59. The number of benzene rings is 2. The molecule has 0 saturated heterocycles. The standard InChI is InChI=1S/C23H25N5O2S/c1-14(2)16(4)24-20(29)13-31-23-26-25-22-27(17-11-9-15(3)10-12-17)21(30)18-7-5-6-8-19(18)28(22)23/h5-12,14,16H,13H2,1-4H3,(H,24,29). The van der Waals surface area contributed by atoms with Crippen LogP contribution >= 0.6 is 11.8 Å². The van der Waals surface area contributed by atoms with Gasteiger partial charge in [-0.15, -0.1) is 10.2 Å². The van der Waals surface area contributed by atoms with Crippen LogP contribution in [-0.4, -0.2) is 36.9 Å². The predicted molar refractivity (Wildman–Crippen MR) is 124 cm³/mol. The van der Waals surface area contributed by atoms with Gasteiger partial charge in [0.05, 0.1) is 22.3 Å². The second-order valence-corrected chi connectivity index (χ2v) is 8.94. The van der Waals surface area contributed by atoms with Crippen molar-refractivity contribution in [2.24, 2.45) is 5.92 Å². The van der Waals surface area contributed by atoms with Gasteiger partial charge in [0.15, 0.2) is 5.16 Å². The highest BCUT2D eigenvalue weighted by Crippen LogP contribution is 2.23. The Bertz CT molecular complexity index is 1310. The van der Waals surface area contributed by atoms with Crippen LogP contribution in [0.4, 0.5) is 0 Å². The third-order valence-corrected chi connectivity index (χ3v) is 6.34. The van der Waals surface area contributed by atoms with Gasteiger partial charge in [-0.1, -0.05) is 55.4 Å². The Balaban J connectivity index is 1.80. The fourth-order valence-corrected chi connectivity index (χ4v) is 4.04. The van der Waals surface area contributed by atoms with Crippen molar-refractivity contribution in [3.63, 3.8) is 0 Å². The molecule has 0 bridgehead atoms. The van der Waals surface area contributed by atoms with Crippen LogP contribution in [0.2, 0.25) is 0 Å². The Kier molecular flexibility index (Phi) is 5.82. The van der Waals surface area contributed by atoms with Crippen molar-refractivity contribution < 1.29 is 4.79 Å². The van der Waals surface area contributed by atoms with Crippen LogP contribution in [0.5, 0.6) is 0 Å². The zero-order valence-electron chi connectivity index (χ0n) is 18.0. The lowest BCUT2D eigenvalue weighted by Crippen LogP contribution is -2.37. The Morgan fingerprint density at radius 2 is 1.77 bits per heavy atom. The van der Waals surface area contributed by atoms with Gasteiger partial charge in [0.25, 0.3) is 5.56 Å². The van der Waals surface area contributed by atoms with E-state index in [-0.39, 0.29) is 23.3 Å². The monoisotopic (exact) mass is 435 g/mol. The van der Waals surface area contributed by atoms with Crippen LogP contribution < -0.4 is 10.9 Å². The van der Waals surface area contributed by atoms with Crippen LogP contribution in [0.1, 0.15) is 26.3 Å². The number of thioether (sulfide) groups is 1. The molecule has 160 valence electrons. The van der Waals surface area contributed by atoms with Gasteiger partial charge in [-0.05, 0) is 44.0 Å². The van der Waals surface area contributed by atoms with E-state index in [1.165, 1.54) is 11.8 Å². The molecule has 1 unspecified atom stereocenters. The molecular formula is C23H25N5O2S. The molecule has 2 aromatic heterocycles. The van der Waals surface area contributed by atoms with E-state index in [0.29, 0.717) is 27.8 Å². The molecule has 4 rings (SSSR count). The fraction of sp³-hybridized carbons (Fsp3) is 0.304. The average Bonchev–Trinajstić information content (AvgIpc) is 3.17. The number of nitrogens with one attached hydrogen (secondary N) is 1. The van der Waals surface area contributed by atoms with E-state index < -0.39 is 0 Å². The molecule has 8 heteroatoms. The first-order valence-corrected chi connectivity index (χ1v) is 11.2. The van der Waals surface area contributed by atoms with Gasteiger partial charge in [-0.3, -0.25) is 14.0 Å². The Morgan fingerprint density at radius 3 is 2.48 bits per heavy atom. The summed E-state index contributed by atoms with van der Waals surface area (Å²) in [7, 11) is 0. The topological polar surface area (TPSA) is 81.3 Å². The maximum absolute atomic E-state index is 13.3. The minimum Gasteiger partial charge on any atom is -0.353 e. The number of amides is 1. The molecular weight excluding hydrogens is 410 g/mol. The lowest BCUT2D eigenvalue weighted by atomic mass is 10.1. The van der Waals surface area contributed by atoms with E-state index in [0.717, 1.165) is 11.3 Å². The number of rotatable bonds is 6. The molecule has 0 radical (unpaired) electrons. The maximum Gasteiger partial charge on any atom is 0.267 e. The Labute approximate surface area is 184 Å². The number of carbonyl (C=O) groups is 1. The van der Waals surface area contributed by atoms with Crippen LogP contribution in [0.3, 0.4) is 0 Å². The summed E-state index contributed by atoms with van der Waals surface area (Å²) in [5, 5.41) is 12.8. The minimum absolute atomic E-state index is 0.0564. The summed E-state index contributed by atoms with van der Waals surface area (Å²) >= 11 is 1.31. The van der Waals surface area contributed by atoms with Crippen LogP contribution in [0, 0.1) is 12.8 Å².